The van der Waals surface area contributed by atoms with Crippen LogP contribution in [0.3, 0.4) is 0 Å². The van der Waals surface area contributed by atoms with E-state index in [1.807, 2.05) is 0 Å². The van der Waals surface area contributed by atoms with E-state index in [0.29, 0.717) is 5.41 Å². The van der Waals surface area contributed by atoms with E-state index in [9.17, 15) is 0 Å². The lowest BCUT2D eigenvalue weighted by Gasteiger charge is -2.38. The van der Waals surface area contributed by atoms with Crippen LogP contribution >= 0.6 is 0 Å². The topological polar surface area (TPSA) is 12.0 Å². The van der Waals surface area contributed by atoms with Gasteiger partial charge in [0.25, 0.3) is 0 Å². The lowest BCUT2D eigenvalue weighted by molar-refractivity contribution is 0.159. The molecule has 0 saturated heterocycles. The highest BCUT2D eigenvalue weighted by atomic mass is 14.9. The molecular formula is C17H35N. The van der Waals surface area contributed by atoms with Crippen LogP contribution in [0.5, 0.6) is 0 Å². The van der Waals surface area contributed by atoms with Gasteiger partial charge in [-0.1, -0.05) is 52.9 Å². The maximum atomic E-state index is 3.59. The van der Waals surface area contributed by atoms with Gasteiger partial charge in [-0.3, -0.25) is 0 Å². The van der Waals surface area contributed by atoms with Gasteiger partial charge in [-0.25, -0.2) is 0 Å². The Morgan fingerprint density at radius 1 is 1.06 bits per heavy atom. The molecule has 1 rings (SSSR count). The molecular weight excluding hydrogens is 218 g/mol. The minimum absolute atomic E-state index is 0.607. The average Bonchev–Trinajstić information content (AvgIpc) is 2.35. The molecule has 0 aromatic carbocycles. The summed E-state index contributed by atoms with van der Waals surface area (Å²) >= 11 is 0. The first-order chi connectivity index (χ1) is 8.59. The normalized spacial score (nSPS) is 22.0. The van der Waals surface area contributed by atoms with Gasteiger partial charge in [0.05, 0.1) is 0 Å². The molecule has 1 fully saturated rings. The van der Waals surface area contributed by atoms with Crippen molar-refractivity contribution in [3.8, 4) is 0 Å². The van der Waals surface area contributed by atoms with E-state index in [1.54, 1.807) is 0 Å². The highest BCUT2D eigenvalue weighted by molar-refractivity contribution is 4.84. The Morgan fingerprint density at radius 2 is 1.67 bits per heavy atom. The maximum Gasteiger partial charge on any atom is 0.00923 e. The van der Waals surface area contributed by atoms with Crippen molar-refractivity contribution in [2.45, 2.75) is 91.0 Å². The summed E-state index contributed by atoms with van der Waals surface area (Å²) in [6.07, 6.45) is 14.2. The summed E-state index contributed by atoms with van der Waals surface area (Å²) in [6.45, 7) is 7.16. The summed E-state index contributed by atoms with van der Waals surface area (Å²) in [7, 11) is 2.16. The van der Waals surface area contributed by atoms with Crippen molar-refractivity contribution in [3.63, 3.8) is 0 Å². The number of hydrogen-bond acceptors (Lipinski definition) is 1. The molecule has 1 heteroatoms. The quantitative estimate of drug-likeness (QED) is 0.590. The Hall–Kier alpha value is -0.0400. The van der Waals surface area contributed by atoms with Gasteiger partial charge in [0, 0.05) is 6.04 Å². The van der Waals surface area contributed by atoms with Crippen LogP contribution in [0, 0.1) is 11.3 Å². The molecule has 0 heterocycles. The molecule has 0 bridgehead atoms. The van der Waals surface area contributed by atoms with Crippen LogP contribution in [0.15, 0.2) is 0 Å². The van der Waals surface area contributed by atoms with E-state index in [-0.39, 0.29) is 0 Å². The molecule has 1 N–H and O–H groups in total. The van der Waals surface area contributed by atoms with Crippen molar-refractivity contribution in [3.05, 3.63) is 0 Å². The predicted octanol–water partition coefficient (Wildman–Crippen LogP) is 5.15. The third kappa shape index (κ3) is 5.73. The van der Waals surface area contributed by atoms with Gasteiger partial charge in [-0.15, -0.1) is 0 Å². The molecule has 0 aromatic heterocycles. The number of rotatable bonds is 8. The smallest absolute Gasteiger partial charge is 0.00923 e. The predicted molar refractivity (Wildman–Crippen MR) is 82.0 cm³/mol. The van der Waals surface area contributed by atoms with Gasteiger partial charge < -0.3 is 5.32 Å². The summed E-state index contributed by atoms with van der Waals surface area (Å²) in [5.74, 6) is 0.939. The summed E-state index contributed by atoms with van der Waals surface area (Å²) < 4.78 is 0. The van der Waals surface area contributed by atoms with Crippen molar-refractivity contribution < 1.29 is 0 Å². The number of nitrogens with one attached hydrogen (secondary N) is 1. The van der Waals surface area contributed by atoms with Crippen molar-refractivity contribution in [2.75, 3.05) is 7.05 Å². The van der Waals surface area contributed by atoms with Gasteiger partial charge in [-0.2, -0.15) is 0 Å². The minimum atomic E-state index is 0.607. The third-order valence-corrected chi connectivity index (χ3v) is 4.94. The molecule has 0 amide bonds. The number of unbranched alkanes of at least 4 members (excludes halogenated alkanes) is 4. The first-order valence-corrected chi connectivity index (χ1v) is 8.26. The lowest BCUT2D eigenvalue weighted by atomic mass is 9.70. The first kappa shape index (κ1) is 16.0. The van der Waals surface area contributed by atoms with Crippen molar-refractivity contribution >= 4 is 0 Å². The van der Waals surface area contributed by atoms with Gasteiger partial charge >= 0.3 is 0 Å². The fourth-order valence-corrected chi connectivity index (χ4v) is 3.41. The Balaban J connectivity index is 2.20. The summed E-state index contributed by atoms with van der Waals surface area (Å²) in [5.41, 5.74) is 0.607. The second-order valence-electron chi connectivity index (χ2n) is 7.10. The average molecular weight is 253 g/mol. The van der Waals surface area contributed by atoms with Crippen LogP contribution in [0.25, 0.3) is 0 Å². The summed E-state index contributed by atoms with van der Waals surface area (Å²) in [4.78, 5) is 0. The van der Waals surface area contributed by atoms with Gasteiger partial charge in [0.1, 0.15) is 0 Å². The maximum absolute atomic E-state index is 3.59. The zero-order chi connectivity index (χ0) is 13.4. The van der Waals surface area contributed by atoms with Crippen molar-refractivity contribution in [1.29, 1.82) is 0 Å². The van der Waals surface area contributed by atoms with Crippen LogP contribution in [0.2, 0.25) is 0 Å². The molecule has 1 saturated carbocycles. The Bertz CT molecular complexity index is 200. The molecule has 1 atom stereocenters. The molecule has 0 radical (unpaired) electrons. The summed E-state index contributed by atoms with van der Waals surface area (Å²) in [6, 6.07) is 0.780. The number of hydrogen-bond donors (Lipinski definition) is 1. The largest absolute Gasteiger partial charge is 0.317 e. The summed E-state index contributed by atoms with van der Waals surface area (Å²) in [5, 5.41) is 3.59. The van der Waals surface area contributed by atoms with Gasteiger partial charge in [0.15, 0.2) is 0 Å². The molecule has 0 spiro atoms. The fraction of sp³-hybridized carbons (Fsp3) is 1.00. The van der Waals surface area contributed by atoms with Gasteiger partial charge in [0.2, 0.25) is 0 Å². The second-order valence-corrected chi connectivity index (χ2v) is 7.10. The fourth-order valence-electron chi connectivity index (χ4n) is 3.41. The van der Waals surface area contributed by atoms with Crippen LogP contribution in [0.1, 0.15) is 85.0 Å². The second kappa shape index (κ2) is 8.19. The van der Waals surface area contributed by atoms with Crippen LogP contribution in [-0.2, 0) is 0 Å². The molecule has 1 unspecified atom stereocenters. The molecule has 108 valence electrons. The van der Waals surface area contributed by atoms with Crippen molar-refractivity contribution in [2.24, 2.45) is 11.3 Å². The molecule has 1 nitrogen and oxygen atoms in total. The van der Waals surface area contributed by atoms with E-state index in [0.717, 1.165) is 12.0 Å². The van der Waals surface area contributed by atoms with E-state index < -0.39 is 0 Å². The molecule has 18 heavy (non-hydrogen) atoms. The van der Waals surface area contributed by atoms with Crippen LogP contribution in [-0.4, -0.2) is 13.1 Å². The van der Waals surface area contributed by atoms with Gasteiger partial charge in [-0.05, 0) is 50.5 Å². The lowest BCUT2D eigenvalue weighted by Crippen LogP contribution is -2.37. The molecule has 0 aliphatic heterocycles. The van der Waals surface area contributed by atoms with Crippen LogP contribution in [0.4, 0.5) is 0 Å². The van der Waals surface area contributed by atoms with E-state index in [4.69, 9.17) is 0 Å². The van der Waals surface area contributed by atoms with Crippen molar-refractivity contribution in [1.82, 2.24) is 5.32 Å². The monoisotopic (exact) mass is 253 g/mol. The van der Waals surface area contributed by atoms with E-state index in [1.165, 1.54) is 64.2 Å². The standard InChI is InChI=1S/C17H35N/c1-5-6-7-8-9-10-16(18-4)15-11-13-17(2,3)14-12-15/h15-16,18H,5-14H2,1-4H3. The highest BCUT2D eigenvalue weighted by Gasteiger charge is 2.30. The van der Waals surface area contributed by atoms with Crippen LogP contribution < -0.4 is 5.32 Å². The zero-order valence-electron chi connectivity index (χ0n) is 13.2. The molecule has 0 aromatic rings. The van der Waals surface area contributed by atoms with E-state index in [2.05, 4.69) is 33.1 Å². The SMILES string of the molecule is CCCCCCCC(NC)C1CCC(C)(C)CC1. The molecule has 1 aliphatic rings. The minimum Gasteiger partial charge on any atom is -0.317 e. The molecule has 1 aliphatic carbocycles. The highest BCUT2D eigenvalue weighted by Crippen LogP contribution is 2.39. The Morgan fingerprint density at radius 3 is 2.22 bits per heavy atom. The van der Waals surface area contributed by atoms with E-state index >= 15 is 0 Å². The third-order valence-electron chi connectivity index (χ3n) is 4.94. The Labute approximate surface area is 115 Å². The first-order valence-electron chi connectivity index (χ1n) is 8.26. The Kier molecular flexibility index (Phi) is 7.29. The zero-order valence-corrected chi connectivity index (χ0v) is 13.2.